The lowest BCUT2D eigenvalue weighted by Gasteiger charge is -1.76. The van der Waals surface area contributed by atoms with Gasteiger partial charge in [-0.15, -0.1) is 4.42 Å². The molecule has 0 unspecified atom stereocenters. The van der Waals surface area contributed by atoms with Gasteiger partial charge in [0.05, 0.1) is 23.6 Å². The summed E-state index contributed by atoms with van der Waals surface area (Å²) in [6.07, 6.45) is 0. The zero-order valence-corrected chi connectivity index (χ0v) is 7.87. The average molecular weight is 196 g/mol. The van der Waals surface area contributed by atoms with Gasteiger partial charge in [0.2, 0.25) is 5.39 Å². The molecule has 3 heteroatoms. The fourth-order valence-corrected chi connectivity index (χ4v) is 1.80. The van der Waals surface area contributed by atoms with Crippen molar-refractivity contribution >= 4 is 21.9 Å². The minimum atomic E-state index is 0.384. The second kappa shape index (κ2) is 2.67. The Morgan fingerprint density at radius 2 is 2.13 bits per heavy atom. The van der Waals surface area contributed by atoms with E-state index in [1.807, 2.05) is 12.1 Å². The van der Waals surface area contributed by atoms with Crippen molar-refractivity contribution in [2.75, 3.05) is 0 Å². The van der Waals surface area contributed by atoms with Crippen molar-refractivity contribution in [3.8, 4) is 0 Å². The van der Waals surface area contributed by atoms with E-state index in [4.69, 9.17) is 15.2 Å². The second-order valence-corrected chi connectivity index (χ2v) is 3.50. The van der Waals surface area contributed by atoms with Gasteiger partial charge in [-0.25, -0.2) is 0 Å². The Bertz CT molecular complexity index is 758. The number of rotatable bonds is 0. The Labute approximate surface area is 85.0 Å². The number of para-hydroxylation sites is 1. The molecule has 0 saturated heterocycles. The third kappa shape index (κ3) is 1.06. The molecule has 0 aliphatic heterocycles. The standard InChI is InChI=1S/C12H8N2O/c13-7-4-5-11-9(6-7)8-2-1-3-10(14)12(8)15-11/h1-6,13-14H/q+2. The molecule has 0 spiro atoms. The first-order chi connectivity index (χ1) is 7.25. The van der Waals surface area contributed by atoms with Gasteiger partial charge < -0.3 is 5.41 Å². The van der Waals surface area contributed by atoms with E-state index in [9.17, 15) is 0 Å². The maximum absolute atomic E-state index is 7.71. The number of hydrogen-bond donors (Lipinski definition) is 2. The van der Waals surface area contributed by atoms with Crippen molar-refractivity contribution in [2.24, 2.45) is 0 Å². The van der Waals surface area contributed by atoms with E-state index in [0.29, 0.717) is 16.3 Å². The van der Waals surface area contributed by atoms with E-state index in [0.717, 1.165) is 16.4 Å². The molecule has 2 aromatic carbocycles. The highest BCUT2D eigenvalue weighted by atomic mass is 16.3. The van der Waals surface area contributed by atoms with Crippen LogP contribution >= 0.6 is 0 Å². The molecule has 1 heterocycles. The summed E-state index contributed by atoms with van der Waals surface area (Å²) in [4.78, 5) is 0. The molecule has 15 heavy (non-hydrogen) atoms. The monoisotopic (exact) mass is 196 g/mol. The minimum Gasteiger partial charge on any atom is -0.301 e. The molecule has 0 radical (unpaired) electrons. The molecule has 0 saturated carbocycles. The number of fused-ring (bicyclic) bond motifs is 3. The summed E-state index contributed by atoms with van der Waals surface area (Å²) in [5.41, 5.74) is 1.33. The quantitative estimate of drug-likeness (QED) is 0.419. The molecule has 0 aliphatic rings. The normalized spacial score (nSPS) is 11.2. The summed E-state index contributed by atoms with van der Waals surface area (Å²) in [7, 11) is 0. The van der Waals surface area contributed by atoms with Crippen LogP contribution in [-0.4, -0.2) is 0 Å². The predicted octanol–water partition coefficient (Wildman–Crippen LogP) is 1.98. The molecule has 3 rings (SSSR count). The van der Waals surface area contributed by atoms with Gasteiger partial charge in [0.25, 0.3) is 5.36 Å². The highest BCUT2D eigenvalue weighted by Crippen LogP contribution is 2.24. The molecule has 0 amide bonds. The van der Waals surface area contributed by atoms with Crippen LogP contribution in [0.1, 0.15) is 0 Å². The third-order valence-corrected chi connectivity index (χ3v) is 2.50. The average Bonchev–Trinajstić information content (AvgIpc) is 2.58. The molecular weight excluding hydrogens is 188 g/mol. The summed E-state index contributed by atoms with van der Waals surface area (Å²) in [5, 5.41) is 17.9. The van der Waals surface area contributed by atoms with Gasteiger partial charge >= 0.3 is 11.2 Å². The van der Waals surface area contributed by atoms with Crippen molar-refractivity contribution in [3.63, 3.8) is 0 Å². The number of benzene rings is 2. The van der Waals surface area contributed by atoms with Crippen LogP contribution in [0.15, 0.2) is 40.8 Å². The van der Waals surface area contributed by atoms with Crippen LogP contribution in [0.2, 0.25) is 0 Å². The van der Waals surface area contributed by atoms with E-state index < -0.39 is 0 Å². The van der Waals surface area contributed by atoms with E-state index in [-0.39, 0.29) is 0 Å². The van der Waals surface area contributed by atoms with E-state index in [1.165, 1.54) is 0 Å². The number of nitrogens with one attached hydrogen (secondary N) is 2. The fraction of sp³-hybridized carbons (Fsp3) is 0. The lowest BCUT2D eigenvalue weighted by atomic mass is 10.1. The number of furan rings is 1. The van der Waals surface area contributed by atoms with Crippen LogP contribution in [0, 0.1) is 10.8 Å². The van der Waals surface area contributed by atoms with Gasteiger partial charge in [-0.05, 0) is 12.1 Å². The summed E-state index contributed by atoms with van der Waals surface area (Å²) in [6.45, 7) is 0. The van der Waals surface area contributed by atoms with Crippen LogP contribution in [0.3, 0.4) is 0 Å². The van der Waals surface area contributed by atoms with Crippen molar-refractivity contribution in [2.45, 2.75) is 0 Å². The van der Waals surface area contributed by atoms with Crippen molar-refractivity contribution in [1.29, 1.82) is 10.8 Å². The molecule has 3 nitrogen and oxygen atoms in total. The predicted molar refractivity (Wildman–Crippen MR) is 56.6 cm³/mol. The van der Waals surface area contributed by atoms with Crippen LogP contribution in [0.4, 0.5) is 0 Å². The maximum Gasteiger partial charge on any atom is 0.489 e. The summed E-state index contributed by atoms with van der Waals surface area (Å²) < 4.78 is 5.57. The number of hydrogen-bond acceptors (Lipinski definition) is 2. The Hall–Kier alpha value is -2.16. The first-order valence-corrected chi connectivity index (χ1v) is 4.64. The van der Waals surface area contributed by atoms with Gasteiger partial charge in [-0.1, -0.05) is 0 Å². The second-order valence-electron chi connectivity index (χ2n) is 3.50. The van der Waals surface area contributed by atoms with E-state index in [2.05, 4.69) is 0 Å². The Morgan fingerprint density at radius 1 is 1.27 bits per heavy atom. The van der Waals surface area contributed by atoms with Crippen molar-refractivity contribution in [3.05, 3.63) is 47.1 Å². The van der Waals surface area contributed by atoms with Crippen LogP contribution in [0.5, 0.6) is 0 Å². The molecule has 0 bridgehead atoms. The van der Waals surface area contributed by atoms with Crippen molar-refractivity contribution < 1.29 is 4.42 Å². The van der Waals surface area contributed by atoms with Gasteiger partial charge in [0.15, 0.2) is 0 Å². The van der Waals surface area contributed by atoms with Crippen molar-refractivity contribution in [1.82, 2.24) is 0 Å². The third-order valence-electron chi connectivity index (χ3n) is 2.50. The molecular formula is C12H8N2O+2. The lowest BCUT2D eigenvalue weighted by Crippen LogP contribution is -1.95. The molecule has 70 valence electrons. The van der Waals surface area contributed by atoms with Gasteiger partial charge in [0, 0.05) is 6.07 Å². The first kappa shape index (κ1) is 8.17. The Morgan fingerprint density at radius 3 is 3.00 bits per heavy atom. The summed E-state index contributed by atoms with van der Waals surface area (Å²) >= 11 is 0. The van der Waals surface area contributed by atoms with Gasteiger partial charge in [-0.3, -0.25) is 5.41 Å². The first-order valence-electron chi connectivity index (χ1n) is 4.64. The smallest absolute Gasteiger partial charge is 0.301 e. The zero-order chi connectivity index (χ0) is 10.4. The molecule has 0 aliphatic carbocycles. The summed E-state index contributed by atoms with van der Waals surface area (Å²) in [6, 6.07) is 10.7. The maximum atomic E-state index is 7.71. The molecule has 0 atom stereocenters. The van der Waals surface area contributed by atoms with Crippen LogP contribution in [-0.2, 0) is 0 Å². The Balaban J connectivity index is 2.70. The molecule has 3 aromatic rings. The van der Waals surface area contributed by atoms with E-state index >= 15 is 0 Å². The highest BCUT2D eigenvalue weighted by molar-refractivity contribution is 6.04. The van der Waals surface area contributed by atoms with Gasteiger partial charge in [0.1, 0.15) is 5.39 Å². The summed E-state index contributed by atoms with van der Waals surface area (Å²) in [5.74, 6) is 0. The highest BCUT2D eigenvalue weighted by Gasteiger charge is 2.25. The van der Waals surface area contributed by atoms with Crippen LogP contribution in [0.25, 0.3) is 21.9 Å². The largest absolute Gasteiger partial charge is 0.489 e. The zero-order valence-electron chi connectivity index (χ0n) is 7.87. The Kier molecular flexibility index (Phi) is 1.45. The lowest BCUT2D eigenvalue weighted by molar-refractivity contribution is 0.662. The van der Waals surface area contributed by atoms with Crippen LogP contribution < -0.4 is 10.7 Å². The molecule has 1 aromatic heterocycles. The topological polar surface area (TPSA) is 59.0 Å². The van der Waals surface area contributed by atoms with E-state index in [1.54, 1.807) is 24.3 Å². The SMILES string of the molecule is N=c1cc[c-]2[o+]c3c(=N)[cH+]ccc3c2[cH+]1. The molecule has 2 N–H and O–H groups in total. The molecule has 0 fully saturated rings. The van der Waals surface area contributed by atoms with Gasteiger partial charge in [-0.2, -0.15) is 0 Å². The minimum absolute atomic E-state index is 0.384. The fourth-order valence-electron chi connectivity index (χ4n) is 1.80.